The summed E-state index contributed by atoms with van der Waals surface area (Å²) < 4.78 is 0. The van der Waals surface area contributed by atoms with Crippen molar-refractivity contribution in [2.45, 2.75) is 13.8 Å². The van der Waals surface area contributed by atoms with Gasteiger partial charge < -0.3 is 0 Å². The molecule has 0 radical (unpaired) electrons. The van der Waals surface area contributed by atoms with E-state index in [1.54, 1.807) is 0 Å². The molecule has 0 fully saturated rings. The summed E-state index contributed by atoms with van der Waals surface area (Å²) >= 11 is 0. The van der Waals surface area contributed by atoms with Crippen LogP contribution < -0.4 is 0 Å². The maximum Gasteiger partial charge on any atom is 0.340 e. The average molecular weight is 208 g/mol. The van der Waals surface area contributed by atoms with Gasteiger partial charge in [0.15, 0.2) is 0 Å². The molecule has 2 rings (SSSR count). The van der Waals surface area contributed by atoms with Crippen LogP contribution in [-0.4, -0.2) is 0 Å². The van der Waals surface area contributed by atoms with Crippen LogP contribution in [0.5, 0.6) is 0 Å². The van der Waals surface area contributed by atoms with Gasteiger partial charge in [0.05, 0.1) is 0 Å². The second kappa shape index (κ2) is 4.63. The first kappa shape index (κ1) is 10.4. The third kappa shape index (κ3) is 2.71. The van der Waals surface area contributed by atoms with E-state index in [-0.39, 0.29) is 0 Å². The highest BCUT2D eigenvalue weighted by molar-refractivity contribution is 5.49. The van der Waals surface area contributed by atoms with Crippen molar-refractivity contribution in [3.8, 4) is 6.07 Å². The zero-order valence-electron chi connectivity index (χ0n) is 9.57. The molecule has 0 amide bonds. The molecule has 2 aromatic carbocycles. The lowest BCUT2D eigenvalue weighted by molar-refractivity contribution is 1.46. The van der Waals surface area contributed by atoms with Crippen LogP contribution in [0.25, 0.3) is 4.85 Å². The van der Waals surface area contributed by atoms with Gasteiger partial charge in [0.1, 0.15) is 5.56 Å². The van der Waals surface area contributed by atoms with Crippen molar-refractivity contribution in [2.75, 3.05) is 0 Å². The van der Waals surface area contributed by atoms with Crippen molar-refractivity contribution in [3.63, 3.8) is 0 Å². The van der Waals surface area contributed by atoms with E-state index in [1.165, 1.54) is 11.1 Å². The maximum atomic E-state index is 4.30. The molecule has 0 aliphatic rings. The zero-order chi connectivity index (χ0) is 11.4. The van der Waals surface area contributed by atoms with E-state index >= 15 is 0 Å². The van der Waals surface area contributed by atoms with Crippen LogP contribution in [-0.2, 0) is 0 Å². The summed E-state index contributed by atoms with van der Waals surface area (Å²) in [5.74, 6) is 0. The number of rotatable bonds is 0. The van der Waals surface area contributed by atoms with Gasteiger partial charge in [0, 0.05) is 12.1 Å². The van der Waals surface area contributed by atoms with E-state index in [2.05, 4.69) is 49.0 Å². The Bertz CT molecular complexity index is 475. The van der Waals surface area contributed by atoms with Crippen LogP contribution in [0, 0.1) is 19.9 Å². The molecule has 0 heterocycles. The van der Waals surface area contributed by atoms with Gasteiger partial charge in [-0.1, -0.05) is 35.4 Å². The van der Waals surface area contributed by atoms with Gasteiger partial charge in [-0.25, -0.2) is 0 Å². The number of benzene rings is 2. The highest BCUT2D eigenvalue weighted by atomic mass is 14.6. The van der Waals surface area contributed by atoms with Gasteiger partial charge in [0.2, 0.25) is 0 Å². The van der Waals surface area contributed by atoms with Gasteiger partial charge in [-0.2, -0.15) is 0 Å². The standard InChI is InChI=1S/C15H14N/c1-12-3-7-14(8-4-12)11-16-15-9-5-13(2)6-10-15/h3-10H,1-2H3/q+1. The highest BCUT2D eigenvalue weighted by Crippen LogP contribution is 2.13. The topological polar surface area (TPSA) is 4.36 Å². The van der Waals surface area contributed by atoms with Crippen LogP contribution in [0.15, 0.2) is 48.5 Å². The third-order valence-corrected chi connectivity index (χ3v) is 2.40. The van der Waals surface area contributed by atoms with Gasteiger partial charge in [-0.3, -0.25) is 0 Å². The van der Waals surface area contributed by atoms with E-state index in [0.717, 1.165) is 11.3 Å². The molecule has 0 N–H and O–H groups in total. The van der Waals surface area contributed by atoms with Crippen molar-refractivity contribution in [1.82, 2.24) is 0 Å². The molecule has 1 nitrogen and oxygen atoms in total. The molecule has 1 heteroatoms. The number of aryl methyl sites for hydroxylation is 2. The SMILES string of the molecule is Cc1ccc(C#[N+]c2ccc(C)cc2)cc1. The largest absolute Gasteiger partial charge is 0.340 e. The summed E-state index contributed by atoms with van der Waals surface area (Å²) in [5.41, 5.74) is 4.44. The molecular formula is C15H14N+. The van der Waals surface area contributed by atoms with Gasteiger partial charge in [-0.15, -0.1) is 0 Å². The van der Waals surface area contributed by atoms with Crippen molar-refractivity contribution >= 4 is 5.69 Å². The van der Waals surface area contributed by atoms with Crippen molar-refractivity contribution in [3.05, 3.63) is 70.1 Å². The Morgan fingerprint density at radius 2 is 1.25 bits per heavy atom. The van der Waals surface area contributed by atoms with Gasteiger partial charge >= 0.3 is 11.8 Å². The Hall–Kier alpha value is -2.07. The molecule has 0 bridgehead atoms. The fourth-order valence-corrected chi connectivity index (χ4v) is 1.38. The second-order valence-corrected chi connectivity index (χ2v) is 3.93. The lowest BCUT2D eigenvalue weighted by Gasteiger charge is -1.87. The zero-order valence-corrected chi connectivity index (χ0v) is 9.57. The Morgan fingerprint density at radius 3 is 1.81 bits per heavy atom. The number of nitrogens with zero attached hydrogens (tertiary/aromatic N) is 1. The molecule has 0 saturated carbocycles. The van der Waals surface area contributed by atoms with Crippen LogP contribution in [0.3, 0.4) is 0 Å². The second-order valence-electron chi connectivity index (χ2n) is 3.93. The van der Waals surface area contributed by atoms with E-state index in [0.29, 0.717) is 0 Å². The first-order chi connectivity index (χ1) is 7.74. The van der Waals surface area contributed by atoms with Gasteiger partial charge in [-0.05, 0) is 30.8 Å². The van der Waals surface area contributed by atoms with Crippen LogP contribution in [0.1, 0.15) is 16.7 Å². The van der Waals surface area contributed by atoms with Crippen molar-refractivity contribution in [2.24, 2.45) is 0 Å². The molecular weight excluding hydrogens is 194 g/mol. The number of hydrogen-bond donors (Lipinski definition) is 0. The summed E-state index contributed by atoms with van der Waals surface area (Å²) in [6.07, 6.45) is 0. The minimum atomic E-state index is 0.936. The Balaban J connectivity index is 2.21. The fourth-order valence-electron chi connectivity index (χ4n) is 1.38. The molecule has 0 spiro atoms. The molecule has 0 atom stereocenters. The van der Waals surface area contributed by atoms with Crippen LogP contribution >= 0.6 is 0 Å². The predicted molar refractivity (Wildman–Crippen MR) is 68.4 cm³/mol. The predicted octanol–water partition coefficient (Wildman–Crippen LogP) is 4.32. The molecule has 0 saturated heterocycles. The molecule has 78 valence electrons. The first-order valence-corrected chi connectivity index (χ1v) is 5.34. The smallest absolute Gasteiger partial charge is 0.0579 e. The monoisotopic (exact) mass is 208 g/mol. The lowest BCUT2D eigenvalue weighted by Crippen LogP contribution is -1.73. The Morgan fingerprint density at radius 1 is 0.750 bits per heavy atom. The van der Waals surface area contributed by atoms with E-state index in [9.17, 15) is 0 Å². The first-order valence-electron chi connectivity index (χ1n) is 5.34. The minimum Gasteiger partial charge on any atom is -0.0579 e. The van der Waals surface area contributed by atoms with E-state index in [1.807, 2.05) is 24.3 Å². The van der Waals surface area contributed by atoms with Gasteiger partial charge in [0.25, 0.3) is 0 Å². The molecule has 0 aliphatic heterocycles. The average Bonchev–Trinajstić information content (AvgIpc) is 2.30. The quantitative estimate of drug-likeness (QED) is 0.607. The van der Waals surface area contributed by atoms with Crippen LogP contribution in [0.2, 0.25) is 0 Å². The normalized spacial score (nSPS) is 9.38. The highest BCUT2D eigenvalue weighted by Gasteiger charge is 1.99. The van der Waals surface area contributed by atoms with Crippen molar-refractivity contribution in [1.29, 1.82) is 0 Å². The Labute approximate surface area is 96.2 Å². The number of hydrogen-bond acceptors (Lipinski definition) is 0. The third-order valence-electron chi connectivity index (χ3n) is 2.40. The molecule has 2 aromatic rings. The van der Waals surface area contributed by atoms with Crippen molar-refractivity contribution < 1.29 is 0 Å². The van der Waals surface area contributed by atoms with E-state index in [4.69, 9.17) is 0 Å². The Kier molecular flexibility index (Phi) is 3.03. The molecule has 0 unspecified atom stereocenters. The summed E-state index contributed by atoms with van der Waals surface area (Å²) in [4.78, 5) is 4.30. The summed E-state index contributed by atoms with van der Waals surface area (Å²) in [6.45, 7) is 4.14. The van der Waals surface area contributed by atoms with E-state index < -0.39 is 0 Å². The fraction of sp³-hybridized carbons (Fsp3) is 0.133. The maximum absolute atomic E-state index is 4.30. The summed E-state index contributed by atoms with van der Waals surface area (Å²) in [5, 5.41) is 0. The molecule has 16 heavy (non-hydrogen) atoms. The minimum absolute atomic E-state index is 0.936. The lowest BCUT2D eigenvalue weighted by atomic mass is 10.2. The summed E-state index contributed by atoms with van der Waals surface area (Å²) in [6, 6.07) is 19.3. The van der Waals surface area contributed by atoms with Crippen LogP contribution in [0.4, 0.5) is 5.69 Å². The molecule has 0 aromatic heterocycles. The molecule has 0 aliphatic carbocycles. The summed E-state index contributed by atoms with van der Waals surface area (Å²) in [7, 11) is 0.